The largest absolute Gasteiger partial charge is 0.280 e. The van der Waals surface area contributed by atoms with Crippen LogP contribution in [0, 0.1) is 0 Å². The molecule has 2 rings (SSSR count). The highest BCUT2D eigenvalue weighted by molar-refractivity contribution is 7.92. The van der Waals surface area contributed by atoms with Crippen LogP contribution in [0.25, 0.3) is 0 Å². The smallest absolute Gasteiger partial charge is 0.261 e. The van der Waals surface area contributed by atoms with Gasteiger partial charge in [-0.05, 0) is 48.4 Å². The van der Waals surface area contributed by atoms with Gasteiger partial charge >= 0.3 is 0 Å². The minimum atomic E-state index is -3.73. The molecule has 0 radical (unpaired) electrons. The molecule has 0 aliphatic carbocycles. The second-order valence-electron chi connectivity index (χ2n) is 6.11. The number of sulfonamides is 2. The van der Waals surface area contributed by atoms with Gasteiger partial charge in [-0.2, -0.15) is 4.31 Å². The molecule has 27 heavy (non-hydrogen) atoms. The predicted octanol–water partition coefficient (Wildman–Crippen LogP) is 3.47. The third-order valence-electron chi connectivity index (χ3n) is 4.22. The van der Waals surface area contributed by atoms with E-state index in [0.29, 0.717) is 18.8 Å². The molecule has 0 aromatic heterocycles. The number of nitrogens with one attached hydrogen (secondary N) is 1. The van der Waals surface area contributed by atoms with Crippen LogP contribution in [0.5, 0.6) is 0 Å². The highest BCUT2D eigenvalue weighted by Gasteiger charge is 2.21. The summed E-state index contributed by atoms with van der Waals surface area (Å²) in [5.41, 5.74) is 1.40. The summed E-state index contributed by atoms with van der Waals surface area (Å²) < 4.78 is 53.8. The summed E-state index contributed by atoms with van der Waals surface area (Å²) in [7, 11) is -7.30. The van der Waals surface area contributed by atoms with Crippen molar-refractivity contribution in [3.8, 4) is 0 Å². The lowest BCUT2D eigenvalue weighted by Crippen LogP contribution is -2.30. The van der Waals surface area contributed by atoms with Crippen LogP contribution < -0.4 is 4.72 Å². The third-order valence-corrected chi connectivity index (χ3v) is 7.68. The van der Waals surface area contributed by atoms with Gasteiger partial charge in [0, 0.05) is 18.8 Å². The van der Waals surface area contributed by atoms with Crippen LogP contribution in [-0.4, -0.2) is 34.2 Å². The first-order chi connectivity index (χ1) is 12.7. The van der Waals surface area contributed by atoms with Gasteiger partial charge < -0.3 is 0 Å². The fraction of sp³-hybridized carbons (Fsp3) is 0.368. The van der Waals surface area contributed by atoms with Crippen molar-refractivity contribution in [2.45, 2.75) is 43.4 Å². The molecule has 6 nitrogen and oxygen atoms in total. The molecule has 0 saturated carbocycles. The summed E-state index contributed by atoms with van der Waals surface area (Å²) >= 11 is 0. The summed E-state index contributed by atoms with van der Waals surface area (Å²) in [4.78, 5) is 0.306. The Bertz CT molecular complexity index is 948. The van der Waals surface area contributed by atoms with Gasteiger partial charge in [0.25, 0.3) is 10.0 Å². The van der Waals surface area contributed by atoms with Gasteiger partial charge in [-0.1, -0.05) is 39.3 Å². The van der Waals surface area contributed by atoms with Crippen molar-refractivity contribution in [1.29, 1.82) is 0 Å². The third kappa shape index (κ3) is 5.09. The lowest BCUT2D eigenvalue weighted by Gasteiger charge is -2.18. The SMILES string of the molecule is CCCc1ccc(S(=O)(=O)Nc2ccc(S(=O)(=O)N(CC)CC)cc2)cc1. The number of hydrogen-bond donors (Lipinski definition) is 1. The van der Waals surface area contributed by atoms with Crippen LogP contribution in [0.4, 0.5) is 5.69 Å². The normalized spacial score (nSPS) is 12.3. The number of nitrogens with zero attached hydrogens (tertiary/aromatic N) is 1. The van der Waals surface area contributed by atoms with Crippen molar-refractivity contribution in [2.24, 2.45) is 0 Å². The molecule has 0 spiro atoms. The maximum Gasteiger partial charge on any atom is 0.261 e. The molecule has 0 fully saturated rings. The second-order valence-corrected chi connectivity index (χ2v) is 9.73. The quantitative estimate of drug-likeness (QED) is 0.686. The molecule has 2 aromatic rings. The average molecular weight is 411 g/mol. The molecule has 0 heterocycles. The van der Waals surface area contributed by atoms with Crippen molar-refractivity contribution >= 4 is 25.7 Å². The molecule has 0 bridgehead atoms. The van der Waals surface area contributed by atoms with Crippen LogP contribution in [-0.2, 0) is 26.5 Å². The summed E-state index contributed by atoms with van der Waals surface area (Å²) in [5, 5.41) is 0. The molecule has 0 aliphatic rings. The molecule has 0 aliphatic heterocycles. The fourth-order valence-corrected chi connectivity index (χ4v) is 5.26. The van der Waals surface area contributed by atoms with Crippen LogP contribution in [0.1, 0.15) is 32.8 Å². The monoisotopic (exact) mass is 410 g/mol. The first-order valence-electron chi connectivity index (χ1n) is 8.96. The summed E-state index contributed by atoms with van der Waals surface area (Å²) in [5.74, 6) is 0. The Morgan fingerprint density at radius 2 is 1.30 bits per heavy atom. The van der Waals surface area contributed by atoms with E-state index in [0.717, 1.165) is 18.4 Å². The molecular weight excluding hydrogens is 384 g/mol. The highest BCUT2D eigenvalue weighted by Crippen LogP contribution is 2.21. The fourth-order valence-electron chi connectivity index (χ4n) is 2.75. The molecule has 0 atom stereocenters. The minimum Gasteiger partial charge on any atom is -0.280 e. The van der Waals surface area contributed by atoms with Crippen molar-refractivity contribution in [2.75, 3.05) is 17.8 Å². The van der Waals surface area contributed by atoms with Gasteiger partial charge in [0.1, 0.15) is 0 Å². The highest BCUT2D eigenvalue weighted by atomic mass is 32.2. The lowest BCUT2D eigenvalue weighted by molar-refractivity contribution is 0.445. The van der Waals surface area contributed by atoms with Gasteiger partial charge in [-0.3, -0.25) is 4.72 Å². The van der Waals surface area contributed by atoms with E-state index in [1.54, 1.807) is 38.1 Å². The number of benzene rings is 2. The molecule has 0 unspecified atom stereocenters. The Hall–Kier alpha value is -1.90. The first kappa shape index (κ1) is 21.4. The summed E-state index contributed by atoms with van der Waals surface area (Å²) in [6.45, 7) is 6.36. The van der Waals surface area contributed by atoms with E-state index in [1.165, 1.54) is 28.6 Å². The molecular formula is C19H26N2O4S2. The minimum absolute atomic E-state index is 0.137. The summed E-state index contributed by atoms with van der Waals surface area (Å²) in [6.07, 6.45) is 1.89. The Labute approximate surface area is 162 Å². The number of aryl methyl sites for hydroxylation is 1. The van der Waals surface area contributed by atoms with Gasteiger partial charge in [0.2, 0.25) is 10.0 Å². The summed E-state index contributed by atoms with van der Waals surface area (Å²) in [6, 6.07) is 12.5. The van der Waals surface area contributed by atoms with E-state index in [1.807, 2.05) is 0 Å². The van der Waals surface area contributed by atoms with Gasteiger partial charge in [-0.15, -0.1) is 0 Å². The van der Waals surface area contributed by atoms with Crippen molar-refractivity contribution in [3.05, 3.63) is 54.1 Å². The number of rotatable bonds is 9. The van der Waals surface area contributed by atoms with Gasteiger partial charge in [0.15, 0.2) is 0 Å². The average Bonchev–Trinajstić information content (AvgIpc) is 2.63. The van der Waals surface area contributed by atoms with Crippen molar-refractivity contribution in [1.82, 2.24) is 4.31 Å². The Morgan fingerprint density at radius 3 is 1.78 bits per heavy atom. The molecule has 1 N–H and O–H groups in total. The number of hydrogen-bond acceptors (Lipinski definition) is 4. The van der Waals surface area contributed by atoms with Crippen LogP contribution in [0.15, 0.2) is 58.3 Å². The van der Waals surface area contributed by atoms with E-state index < -0.39 is 20.0 Å². The van der Waals surface area contributed by atoms with E-state index in [4.69, 9.17) is 0 Å². The van der Waals surface area contributed by atoms with Crippen molar-refractivity contribution < 1.29 is 16.8 Å². The molecule has 0 saturated heterocycles. The standard InChI is InChI=1S/C19H26N2O4S2/c1-4-7-16-8-12-18(13-9-16)26(22,23)20-17-10-14-19(15-11-17)27(24,25)21(5-2)6-3/h8-15,20H,4-7H2,1-3H3. The van der Waals surface area contributed by atoms with Gasteiger partial charge in [-0.25, -0.2) is 16.8 Å². The van der Waals surface area contributed by atoms with E-state index in [2.05, 4.69) is 11.6 Å². The maximum absolute atomic E-state index is 12.5. The Morgan fingerprint density at radius 1 is 0.778 bits per heavy atom. The molecule has 2 aromatic carbocycles. The molecule has 8 heteroatoms. The maximum atomic E-state index is 12.5. The molecule has 148 valence electrons. The van der Waals surface area contributed by atoms with Crippen LogP contribution >= 0.6 is 0 Å². The van der Waals surface area contributed by atoms with E-state index in [-0.39, 0.29) is 9.79 Å². The topological polar surface area (TPSA) is 83.5 Å². The van der Waals surface area contributed by atoms with Crippen LogP contribution in [0.3, 0.4) is 0 Å². The van der Waals surface area contributed by atoms with E-state index in [9.17, 15) is 16.8 Å². The zero-order valence-corrected chi connectivity index (χ0v) is 17.5. The second kappa shape index (κ2) is 8.86. The van der Waals surface area contributed by atoms with Crippen molar-refractivity contribution in [3.63, 3.8) is 0 Å². The number of anilines is 1. The Balaban J connectivity index is 2.20. The predicted molar refractivity (Wildman–Crippen MR) is 108 cm³/mol. The first-order valence-corrected chi connectivity index (χ1v) is 11.9. The Kier molecular flexibility index (Phi) is 7.02. The molecule has 0 amide bonds. The zero-order valence-electron chi connectivity index (χ0n) is 15.8. The van der Waals surface area contributed by atoms with Crippen LogP contribution in [0.2, 0.25) is 0 Å². The zero-order chi connectivity index (χ0) is 20.1. The lowest BCUT2D eigenvalue weighted by atomic mass is 10.1. The van der Waals surface area contributed by atoms with Gasteiger partial charge in [0.05, 0.1) is 9.79 Å². The van der Waals surface area contributed by atoms with E-state index >= 15 is 0 Å².